The van der Waals surface area contributed by atoms with Crippen LogP contribution in [-0.2, 0) is 0 Å². The zero-order valence-corrected chi connectivity index (χ0v) is 7.66. The van der Waals surface area contributed by atoms with Crippen LogP contribution in [0.2, 0.25) is 0 Å². The fraction of sp³-hybridized carbons (Fsp3) is 0.455. The molecule has 0 radical (unpaired) electrons. The van der Waals surface area contributed by atoms with E-state index >= 15 is 0 Å². The van der Waals surface area contributed by atoms with Gasteiger partial charge in [0.1, 0.15) is 6.04 Å². The van der Waals surface area contributed by atoms with Crippen LogP contribution in [0.5, 0.6) is 0 Å². The van der Waals surface area contributed by atoms with Gasteiger partial charge in [0.05, 0.1) is 0 Å². The molecule has 0 spiro atoms. The lowest BCUT2D eigenvalue weighted by atomic mass is 10.2. The minimum Gasteiger partial charge on any atom is -0.396 e. The predicted molar refractivity (Wildman–Crippen MR) is 53.9 cm³/mol. The van der Waals surface area contributed by atoms with Gasteiger partial charge in [0.2, 0.25) is 0 Å². The van der Waals surface area contributed by atoms with Crippen LogP contribution in [0.1, 0.15) is 19.3 Å². The molecule has 1 aliphatic rings. The Balaban J connectivity index is 2.15. The summed E-state index contributed by atoms with van der Waals surface area (Å²) in [4.78, 5) is 0. The van der Waals surface area contributed by atoms with Gasteiger partial charge in [-0.3, -0.25) is 0 Å². The minimum atomic E-state index is 0.166. The van der Waals surface area contributed by atoms with Gasteiger partial charge in [-0.2, -0.15) is 0 Å². The number of aliphatic hydroxyl groups excluding tert-OH is 1. The van der Waals surface area contributed by atoms with Crippen molar-refractivity contribution >= 4 is 0 Å². The highest BCUT2D eigenvalue weighted by atomic mass is 16.2. The first kappa shape index (κ1) is 9.88. The van der Waals surface area contributed by atoms with Crippen LogP contribution >= 0.6 is 0 Å². The summed E-state index contributed by atoms with van der Waals surface area (Å²) < 4.78 is 0. The highest BCUT2D eigenvalue weighted by Gasteiger charge is 1.96. The Morgan fingerprint density at radius 3 is 2.92 bits per heavy atom. The number of aliphatic hydroxyl groups is 1. The summed E-state index contributed by atoms with van der Waals surface area (Å²) in [5.41, 5.74) is 0. The standard InChI is InChI=1S/C11H15NO/c13-10-6-2-1-3-7-11-8-4-5-9-12-11/h4-5,8-9,11-13H,1-2,6,10H2. The zero-order valence-electron chi connectivity index (χ0n) is 7.66. The molecule has 1 aliphatic heterocycles. The van der Waals surface area contributed by atoms with Gasteiger partial charge in [-0.15, -0.1) is 5.92 Å². The molecule has 1 rings (SSSR count). The molecule has 2 heteroatoms. The second-order valence-electron chi connectivity index (χ2n) is 2.89. The fourth-order valence-electron chi connectivity index (χ4n) is 1.04. The maximum absolute atomic E-state index is 8.53. The van der Waals surface area contributed by atoms with Crippen LogP contribution in [-0.4, -0.2) is 17.8 Å². The molecule has 0 bridgehead atoms. The van der Waals surface area contributed by atoms with Crippen LogP contribution in [0.4, 0.5) is 0 Å². The molecule has 1 atom stereocenters. The van der Waals surface area contributed by atoms with E-state index in [0.29, 0.717) is 0 Å². The Morgan fingerprint density at radius 1 is 1.31 bits per heavy atom. The molecule has 0 aliphatic carbocycles. The molecule has 70 valence electrons. The topological polar surface area (TPSA) is 32.3 Å². The number of dihydropyridines is 1. The molecule has 0 saturated carbocycles. The molecule has 1 unspecified atom stereocenters. The van der Waals surface area contributed by atoms with E-state index < -0.39 is 0 Å². The second kappa shape index (κ2) is 6.33. The van der Waals surface area contributed by atoms with Crippen molar-refractivity contribution in [3.8, 4) is 11.8 Å². The van der Waals surface area contributed by atoms with Gasteiger partial charge in [0.25, 0.3) is 0 Å². The summed E-state index contributed by atoms with van der Waals surface area (Å²) in [6, 6.07) is 0.166. The molecule has 0 fully saturated rings. The van der Waals surface area contributed by atoms with Crippen molar-refractivity contribution in [3.05, 3.63) is 24.4 Å². The summed E-state index contributed by atoms with van der Waals surface area (Å²) in [6.07, 6.45) is 10.6. The third-order valence-corrected chi connectivity index (χ3v) is 1.75. The maximum atomic E-state index is 8.53. The number of nitrogens with one attached hydrogen (secondary N) is 1. The minimum absolute atomic E-state index is 0.166. The molecule has 0 saturated heterocycles. The summed E-state index contributed by atoms with van der Waals surface area (Å²) >= 11 is 0. The molecular weight excluding hydrogens is 162 g/mol. The number of rotatable bonds is 3. The molecule has 13 heavy (non-hydrogen) atoms. The van der Waals surface area contributed by atoms with E-state index in [-0.39, 0.29) is 12.6 Å². The van der Waals surface area contributed by atoms with Crippen molar-refractivity contribution in [2.24, 2.45) is 0 Å². The van der Waals surface area contributed by atoms with Gasteiger partial charge in [-0.25, -0.2) is 0 Å². The highest BCUT2D eigenvalue weighted by molar-refractivity contribution is 5.23. The average Bonchev–Trinajstić information content (AvgIpc) is 2.19. The first-order valence-electron chi connectivity index (χ1n) is 4.62. The fourth-order valence-corrected chi connectivity index (χ4v) is 1.04. The van der Waals surface area contributed by atoms with Crippen molar-refractivity contribution in [3.63, 3.8) is 0 Å². The molecule has 2 N–H and O–H groups in total. The van der Waals surface area contributed by atoms with Gasteiger partial charge in [-0.1, -0.05) is 18.1 Å². The van der Waals surface area contributed by atoms with E-state index in [1.54, 1.807) is 0 Å². The third-order valence-electron chi connectivity index (χ3n) is 1.75. The van der Waals surface area contributed by atoms with Gasteiger partial charge in [-0.05, 0) is 25.1 Å². The van der Waals surface area contributed by atoms with E-state index in [1.807, 2.05) is 24.4 Å². The number of unbranched alkanes of at least 4 members (excludes halogenated alkanes) is 2. The average molecular weight is 177 g/mol. The molecule has 2 nitrogen and oxygen atoms in total. The number of hydrogen-bond donors (Lipinski definition) is 2. The normalized spacial score (nSPS) is 19.0. The molecular formula is C11H15NO. The maximum Gasteiger partial charge on any atom is 0.106 e. The lowest BCUT2D eigenvalue weighted by Crippen LogP contribution is -2.21. The van der Waals surface area contributed by atoms with Crippen molar-refractivity contribution in [1.29, 1.82) is 0 Å². The first-order valence-corrected chi connectivity index (χ1v) is 4.62. The van der Waals surface area contributed by atoms with Crippen molar-refractivity contribution in [2.75, 3.05) is 6.61 Å². The van der Waals surface area contributed by atoms with Gasteiger partial charge >= 0.3 is 0 Å². The predicted octanol–water partition coefficient (Wildman–Crippen LogP) is 1.19. The molecule has 0 aromatic carbocycles. The van der Waals surface area contributed by atoms with Crippen LogP contribution in [0.15, 0.2) is 24.4 Å². The smallest absolute Gasteiger partial charge is 0.106 e. The lowest BCUT2D eigenvalue weighted by Gasteiger charge is -2.07. The Labute approximate surface area is 79.3 Å². The molecule has 1 heterocycles. The summed E-state index contributed by atoms with van der Waals surface area (Å²) in [5.74, 6) is 6.18. The van der Waals surface area contributed by atoms with Crippen molar-refractivity contribution < 1.29 is 5.11 Å². The quantitative estimate of drug-likeness (QED) is 0.501. The first-order chi connectivity index (χ1) is 6.43. The van der Waals surface area contributed by atoms with Gasteiger partial charge in [0.15, 0.2) is 0 Å². The van der Waals surface area contributed by atoms with Crippen molar-refractivity contribution in [1.82, 2.24) is 5.32 Å². The summed E-state index contributed by atoms with van der Waals surface area (Å²) in [7, 11) is 0. The van der Waals surface area contributed by atoms with Crippen LogP contribution in [0, 0.1) is 11.8 Å². The van der Waals surface area contributed by atoms with Gasteiger partial charge < -0.3 is 10.4 Å². The summed E-state index contributed by atoms with van der Waals surface area (Å²) in [6.45, 7) is 0.270. The largest absolute Gasteiger partial charge is 0.396 e. The Kier molecular flexibility index (Phi) is 4.81. The lowest BCUT2D eigenvalue weighted by molar-refractivity contribution is 0.285. The van der Waals surface area contributed by atoms with E-state index in [2.05, 4.69) is 17.2 Å². The Hall–Kier alpha value is -1.20. The van der Waals surface area contributed by atoms with E-state index in [9.17, 15) is 0 Å². The monoisotopic (exact) mass is 177 g/mol. The molecule has 0 aromatic heterocycles. The van der Waals surface area contributed by atoms with E-state index in [4.69, 9.17) is 5.11 Å². The zero-order chi connectivity index (χ0) is 9.36. The highest BCUT2D eigenvalue weighted by Crippen LogP contribution is 1.95. The summed E-state index contributed by atoms with van der Waals surface area (Å²) in [5, 5.41) is 11.7. The third kappa shape index (κ3) is 4.39. The Bertz CT molecular complexity index is 245. The Morgan fingerprint density at radius 2 is 2.23 bits per heavy atom. The molecule has 0 aromatic rings. The van der Waals surface area contributed by atoms with Crippen molar-refractivity contribution in [2.45, 2.75) is 25.3 Å². The van der Waals surface area contributed by atoms with Crippen LogP contribution < -0.4 is 5.32 Å². The van der Waals surface area contributed by atoms with E-state index in [1.165, 1.54) is 0 Å². The van der Waals surface area contributed by atoms with Crippen LogP contribution in [0.25, 0.3) is 0 Å². The number of hydrogen-bond acceptors (Lipinski definition) is 2. The van der Waals surface area contributed by atoms with E-state index in [0.717, 1.165) is 19.3 Å². The van der Waals surface area contributed by atoms with Gasteiger partial charge in [0, 0.05) is 13.0 Å². The number of allylic oxidation sites excluding steroid dienone is 2. The van der Waals surface area contributed by atoms with Crippen LogP contribution in [0.3, 0.4) is 0 Å². The second-order valence-corrected chi connectivity index (χ2v) is 2.89. The molecule has 0 amide bonds. The SMILES string of the molecule is OCCCCC#CC1C=CC=CN1.